The van der Waals surface area contributed by atoms with E-state index in [1.807, 2.05) is 0 Å². The maximum atomic E-state index is 11.8. The molecule has 0 fully saturated rings. The van der Waals surface area contributed by atoms with Crippen molar-refractivity contribution in [2.24, 2.45) is 5.92 Å². The highest BCUT2D eigenvalue weighted by molar-refractivity contribution is 5.97. The Morgan fingerprint density at radius 3 is 2.59 bits per heavy atom. The number of carbonyl (C=O) groups is 2. The van der Waals surface area contributed by atoms with E-state index in [0.717, 1.165) is 6.42 Å². The summed E-state index contributed by atoms with van der Waals surface area (Å²) in [7, 11) is 0. The van der Waals surface area contributed by atoms with Gasteiger partial charge in [-0.3, -0.25) is 9.59 Å². The van der Waals surface area contributed by atoms with Gasteiger partial charge in [0.25, 0.3) is 5.91 Å². The predicted octanol–water partition coefficient (Wildman–Crippen LogP) is 1.62. The zero-order valence-electron chi connectivity index (χ0n) is 13.7. The van der Waals surface area contributed by atoms with Gasteiger partial charge in [0.1, 0.15) is 5.76 Å². The van der Waals surface area contributed by atoms with Crippen molar-refractivity contribution in [1.29, 1.82) is 0 Å². The highest BCUT2D eigenvalue weighted by atomic mass is 16.3. The quantitative estimate of drug-likeness (QED) is 0.680. The normalized spacial score (nSPS) is 13.7. The Bertz CT molecular complexity index is 506. The van der Waals surface area contributed by atoms with E-state index in [1.54, 1.807) is 19.9 Å². The topological polar surface area (TPSA) is 91.6 Å². The first-order chi connectivity index (χ1) is 10.2. The average molecular weight is 310 g/mol. The lowest BCUT2D eigenvalue weighted by atomic mass is 9.95. The van der Waals surface area contributed by atoms with E-state index in [1.165, 1.54) is 6.26 Å². The monoisotopic (exact) mass is 310 g/mol. The number of rotatable bonds is 8. The molecular formula is C16H26N2O4. The molecule has 0 aromatic carbocycles. The summed E-state index contributed by atoms with van der Waals surface area (Å²) in [6, 6.07) is 1.55. The Labute approximate surface area is 131 Å². The number of aliphatic hydroxyl groups is 1. The Hall–Kier alpha value is -1.82. The molecule has 1 aromatic heterocycles. The van der Waals surface area contributed by atoms with Crippen molar-refractivity contribution in [2.45, 2.75) is 46.1 Å². The number of hydrogen-bond acceptors (Lipinski definition) is 4. The molecule has 0 aliphatic heterocycles. The van der Waals surface area contributed by atoms with Gasteiger partial charge in [0.15, 0.2) is 0 Å². The van der Waals surface area contributed by atoms with Crippen molar-refractivity contribution in [3.8, 4) is 0 Å². The van der Waals surface area contributed by atoms with Crippen LogP contribution in [0.4, 0.5) is 0 Å². The smallest absolute Gasteiger partial charge is 0.255 e. The Morgan fingerprint density at radius 2 is 2.05 bits per heavy atom. The molecule has 1 aromatic rings. The average Bonchev–Trinajstić information content (AvgIpc) is 2.87. The number of furan rings is 1. The number of carbonyl (C=O) groups excluding carboxylic acids is 2. The summed E-state index contributed by atoms with van der Waals surface area (Å²) in [5, 5.41) is 15.3. The van der Waals surface area contributed by atoms with Gasteiger partial charge in [0, 0.05) is 6.54 Å². The van der Waals surface area contributed by atoms with E-state index < -0.39 is 5.60 Å². The summed E-state index contributed by atoms with van der Waals surface area (Å²) < 4.78 is 5.04. The molecule has 6 nitrogen and oxygen atoms in total. The second-order valence-corrected chi connectivity index (χ2v) is 6.28. The molecule has 6 heteroatoms. The third kappa shape index (κ3) is 6.30. The first-order valence-corrected chi connectivity index (χ1v) is 7.52. The molecule has 0 spiro atoms. The van der Waals surface area contributed by atoms with Gasteiger partial charge in [-0.1, -0.05) is 13.8 Å². The van der Waals surface area contributed by atoms with Crippen LogP contribution in [0.5, 0.6) is 0 Å². The van der Waals surface area contributed by atoms with Crippen molar-refractivity contribution in [3.63, 3.8) is 0 Å². The first kappa shape index (κ1) is 18.2. The zero-order valence-corrected chi connectivity index (χ0v) is 13.7. The number of amides is 2. The second-order valence-electron chi connectivity index (χ2n) is 6.28. The lowest BCUT2D eigenvalue weighted by Crippen LogP contribution is -2.44. The zero-order chi connectivity index (χ0) is 16.8. The fraction of sp³-hybridized carbons (Fsp3) is 0.625. The number of nitrogens with one attached hydrogen (secondary N) is 2. The summed E-state index contributed by atoms with van der Waals surface area (Å²) in [5.41, 5.74) is -0.526. The summed E-state index contributed by atoms with van der Waals surface area (Å²) in [5.74, 6) is 0.321. The summed E-state index contributed by atoms with van der Waals surface area (Å²) in [4.78, 5) is 23.5. The van der Waals surface area contributed by atoms with E-state index in [-0.39, 0.29) is 24.9 Å². The highest BCUT2D eigenvalue weighted by Gasteiger charge is 2.21. The second kappa shape index (κ2) is 7.98. The standard InChI is InChI=1S/C16H26N2O4/c1-11(2)5-7-16(4,21)10-18-14(19)9-17-15(20)13-6-8-22-12(13)3/h6,8,11,21H,5,7,9-10H2,1-4H3,(H,17,20)(H,18,19). The molecule has 2 amide bonds. The van der Waals surface area contributed by atoms with Crippen molar-refractivity contribution in [2.75, 3.05) is 13.1 Å². The van der Waals surface area contributed by atoms with Gasteiger partial charge in [-0.15, -0.1) is 0 Å². The SMILES string of the molecule is Cc1occc1C(=O)NCC(=O)NCC(C)(O)CCC(C)C. The molecular weight excluding hydrogens is 284 g/mol. The Balaban J connectivity index is 2.32. The summed E-state index contributed by atoms with van der Waals surface area (Å²) >= 11 is 0. The fourth-order valence-corrected chi connectivity index (χ4v) is 1.92. The minimum Gasteiger partial charge on any atom is -0.469 e. The Morgan fingerprint density at radius 1 is 1.36 bits per heavy atom. The van der Waals surface area contributed by atoms with Gasteiger partial charge in [0.05, 0.1) is 24.0 Å². The van der Waals surface area contributed by atoms with Gasteiger partial charge >= 0.3 is 0 Å². The van der Waals surface area contributed by atoms with E-state index >= 15 is 0 Å². The van der Waals surface area contributed by atoms with Crippen LogP contribution in [0.25, 0.3) is 0 Å². The van der Waals surface area contributed by atoms with Gasteiger partial charge in [-0.05, 0) is 38.7 Å². The van der Waals surface area contributed by atoms with Crippen LogP contribution < -0.4 is 10.6 Å². The third-order valence-electron chi connectivity index (χ3n) is 3.44. The molecule has 0 bridgehead atoms. The van der Waals surface area contributed by atoms with Crippen LogP contribution in [0.3, 0.4) is 0 Å². The van der Waals surface area contributed by atoms with E-state index in [2.05, 4.69) is 24.5 Å². The minimum absolute atomic E-state index is 0.135. The molecule has 1 heterocycles. The molecule has 1 rings (SSSR count). The van der Waals surface area contributed by atoms with Crippen molar-refractivity contribution >= 4 is 11.8 Å². The maximum absolute atomic E-state index is 11.8. The van der Waals surface area contributed by atoms with Crippen LogP contribution in [-0.4, -0.2) is 35.6 Å². The van der Waals surface area contributed by atoms with Gasteiger partial charge < -0.3 is 20.2 Å². The lowest BCUT2D eigenvalue weighted by molar-refractivity contribution is -0.121. The van der Waals surface area contributed by atoms with Crippen LogP contribution in [0, 0.1) is 12.8 Å². The summed E-state index contributed by atoms with van der Waals surface area (Å²) in [6.45, 7) is 7.58. The largest absolute Gasteiger partial charge is 0.469 e. The Kier molecular flexibility index (Phi) is 6.61. The molecule has 3 N–H and O–H groups in total. The molecule has 0 saturated carbocycles. The van der Waals surface area contributed by atoms with Crippen LogP contribution in [-0.2, 0) is 4.79 Å². The molecule has 1 atom stereocenters. The number of hydrogen-bond donors (Lipinski definition) is 3. The van der Waals surface area contributed by atoms with Gasteiger partial charge in [0.2, 0.25) is 5.91 Å². The first-order valence-electron chi connectivity index (χ1n) is 7.52. The van der Waals surface area contributed by atoms with Crippen molar-refractivity contribution in [1.82, 2.24) is 10.6 Å². The molecule has 124 valence electrons. The van der Waals surface area contributed by atoms with Crippen molar-refractivity contribution < 1.29 is 19.1 Å². The third-order valence-corrected chi connectivity index (χ3v) is 3.44. The highest BCUT2D eigenvalue weighted by Crippen LogP contribution is 2.15. The molecule has 0 aliphatic rings. The van der Waals surface area contributed by atoms with Crippen LogP contribution in [0.1, 0.15) is 49.7 Å². The predicted molar refractivity (Wildman–Crippen MR) is 83.5 cm³/mol. The molecule has 0 radical (unpaired) electrons. The van der Waals surface area contributed by atoms with Crippen molar-refractivity contribution in [3.05, 3.63) is 23.7 Å². The van der Waals surface area contributed by atoms with E-state index in [9.17, 15) is 14.7 Å². The summed E-state index contributed by atoms with van der Waals surface area (Å²) in [6.07, 6.45) is 2.93. The van der Waals surface area contributed by atoms with Gasteiger partial charge in [-0.25, -0.2) is 0 Å². The van der Waals surface area contributed by atoms with Crippen LogP contribution >= 0.6 is 0 Å². The lowest BCUT2D eigenvalue weighted by Gasteiger charge is -2.24. The number of aryl methyl sites for hydroxylation is 1. The molecule has 0 aliphatic carbocycles. The van der Waals surface area contributed by atoms with E-state index in [4.69, 9.17) is 4.42 Å². The van der Waals surface area contributed by atoms with Crippen LogP contribution in [0.15, 0.2) is 16.7 Å². The fourth-order valence-electron chi connectivity index (χ4n) is 1.92. The molecule has 1 unspecified atom stereocenters. The molecule has 22 heavy (non-hydrogen) atoms. The minimum atomic E-state index is -0.939. The maximum Gasteiger partial charge on any atom is 0.255 e. The molecule has 0 saturated heterocycles. The van der Waals surface area contributed by atoms with E-state index in [0.29, 0.717) is 23.7 Å². The van der Waals surface area contributed by atoms with Gasteiger partial charge in [-0.2, -0.15) is 0 Å². The van der Waals surface area contributed by atoms with Crippen LogP contribution in [0.2, 0.25) is 0 Å².